The molecular formula is C19H20O3. The molecule has 0 aliphatic rings. The van der Waals surface area contributed by atoms with Crippen molar-refractivity contribution >= 4 is 5.97 Å². The SMILES string of the molecule is C=CC(CCc1ccccc1)Oc1ccc(OC(C)=O)cc1. The summed E-state index contributed by atoms with van der Waals surface area (Å²) in [5.41, 5.74) is 1.28. The molecule has 1 unspecified atom stereocenters. The van der Waals surface area contributed by atoms with Gasteiger partial charge in [0.05, 0.1) is 0 Å². The summed E-state index contributed by atoms with van der Waals surface area (Å²) in [7, 11) is 0. The van der Waals surface area contributed by atoms with E-state index >= 15 is 0 Å². The van der Waals surface area contributed by atoms with Crippen LogP contribution in [0.2, 0.25) is 0 Å². The van der Waals surface area contributed by atoms with Crippen molar-refractivity contribution in [3.05, 3.63) is 72.8 Å². The lowest BCUT2D eigenvalue weighted by atomic mass is 10.1. The van der Waals surface area contributed by atoms with Crippen LogP contribution < -0.4 is 9.47 Å². The van der Waals surface area contributed by atoms with Crippen LogP contribution in [0.15, 0.2) is 67.3 Å². The first-order valence-electron chi connectivity index (χ1n) is 7.29. The summed E-state index contributed by atoms with van der Waals surface area (Å²) in [5, 5.41) is 0. The number of ether oxygens (including phenoxy) is 2. The third-order valence-corrected chi connectivity index (χ3v) is 3.20. The van der Waals surface area contributed by atoms with E-state index in [2.05, 4.69) is 18.7 Å². The van der Waals surface area contributed by atoms with E-state index in [1.54, 1.807) is 24.3 Å². The monoisotopic (exact) mass is 296 g/mol. The summed E-state index contributed by atoms with van der Waals surface area (Å²) in [6, 6.07) is 17.3. The number of esters is 1. The predicted octanol–water partition coefficient (Wildman–Crippen LogP) is 4.18. The van der Waals surface area contributed by atoms with Crippen LogP contribution >= 0.6 is 0 Å². The van der Waals surface area contributed by atoms with Crippen molar-refractivity contribution in [2.45, 2.75) is 25.9 Å². The first kappa shape index (κ1) is 15.8. The van der Waals surface area contributed by atoms with Gasteiger partial charge in [0.25, 0.3) is 0 Å². The Morgan fingerprint density at radius 3 is 2.32 bits per heavy atom. The van der Waals surface area contributed by atoms with Gasteiger partial charge < -0.3 is 9.47 Å². The Balaban J connectivity index is 1.89. The maximum Gasteiger partial charge on any atom is 0.308 e. The summed E-state index contributed by atoms with van der Waals surface area (Å²) < 4.78 is 10.9. The van der Waals surface area contributed by atoms with Crippen molar-refractivity contribution in [1.82, 2.24) is 0 Å². The van der Waals surface area contributed by atoms with E-state index in [1.807, 2.05) is 24.3 Å². The number of carbonyl (C=O) groups excluding carboxylic acids is 1. The predicted molar refractivity (Wildman–Crippen MR) is 87.1 cm³/mol. The van der Waals surface area contributed by atoms with Crippen molar-refractivity contribution in [2.24, 2.45) is 0 Å². The topological polar surface area (TPSA) is 35.5 Å². The molecule has 114 valence electrons. The third kappa shape index (κ3) is 5.09. The van der Waals surface area contributed by atoms with E-state index in [0.717, 1.165) is 18.6 Å². The Hall–Kier alpha value is -2.55. The second-order valence-electron chi connectivity index (χ2n) is 4.98. The molecule has 0 spiro atoms. The second kappa shape index (κ2) is 8.03. The van der Waals surface area contributed by atoms with Gasteiger partial charge in [-0.25, -0.2) is 0 Å². The first-order chi connectivity index (χ1) is 10.7. The molecule has 0 N–H and O–H groups in total. The van der Waals surface area contributed by atoms with Crippen molar-refractivity contribution in [2.75, 3.05) is 0 Å². The summed E-state index contributed by atoms with van der Waals surface area (Å²) in [6.45, 7) is 5.21. The molecule has 0 aliphatic carbocycles. The minimum absolute atomic E-state index is 0.0558. The van der Waals surface area contributed by atoms with Crippen LogP contribution in [0.3, 0.4) is 0 Å². The highest BCUT2D eigenvalue weighted by molar-refractivity contribution is 5.69. The number of aryl methyl sites for hydroxylation is 1. The van der Waals surface area contributed by atoms with Crippen molar-refractivity contribution in [3.63, 3.8) is 0 Å². The molecule has 0 saturated heterocycles. The smallest absolute Gasteiger partial charge is 0.308 e. The van der Waals surface area contributed by atoms with E-state index in [4.69, 9.17) is 9.47 Å². The fourth-order valence-corrected chi connectivity index (χ4v) is 2.11. The van der Waals surface area contributed by atoms with Crippen molar-refractivity contribution < 1.29 is 14.3 Å². The Kier molecular flexibility index (Phi) is 5.78. The van der Waals surface area contributed by atoms with E-state index in [9.17, 15) is 4.79 Å². The zero-order chi connectivity index (χ0) is 15.8. The number of carbonyl (C=O) groups is 1. The van der Waals surface area contributed by atoms with Gasteiger partial charge in [0.15, 0.2) is 0 Å². The lowest BCUT2D eigenvalue weighted by Gasteiger charge is -2.15. The molecule has 2 aromatic carbocycles. The molecule has 0 bridgehead atoms. The fraction of sp³-hybridized carbons (Fsp3) is 0.211. The molecule has 3 nitrogen and oxygen atoms in total. The Morgan fingerprint density at radius 1 is 1.09 bits per heavy atom. The van der Waals surface area contributed by atoms with Crippen LogP contribution in [0.4, 0.5) is 0 Å². The van der Waals surface area contributed by atoms with E-state index in [0.29, 0.717) is 5.75 Å². The summed E-state index contributed by atoms with van der Waals surface area (Å²) >= 11 is 0. The molecule has 0 amide bonds. The number of hydrogen-bond donors (Lipinski definition) is 0. The average Bonchev–Trinajstić information content (AvgIpc) is 2.53. The van der Waals surface area contributed by atoms with Crippen LogP contribution in [0, 0.1) is 0 Å². The lowest BCUT2D eigenvalue weighted by Crippen LogP contribution is -2.14. The first-order valence-corrected chi connectivity index (χ1v) is 7.29. The fourth-order valence-electron chi connectivity index (χ4n) is 2.11. The van der Waals surface area contributed by atoms with Gasteiger partial charge in [0, 0.05) is 6.92 Å². The number of rotatable bonds is 7. The molecule has 2 aromatic rings. The highest BCUT2D eigenvalue weighted by Crippen LogP contribution is 2.20. The number of hydrogen-bond acceptors (Lipinski definition) is 3. The molecule has 1 atom stereocenters. The van der Waals surface area contributed by atoms with Gasteiger partial charge in [-0.05, 0) is 42.7 Å². The van der Waals surface area contributed by atoms with Crippen LogP contribution in [0.25, 0.3) is 0 Å². The molecule has 0 aliphatic heterocycles. The van der Waals surface area contributed by atoms with Crippen molar-refractivity contribution in [1.29, 1.82) is 0 Å². The summed E-state index contributed by atoms with van der Waals surface area (Å²) in [5.74, 6) is 0.911. The second-order valence-corrected chi connectivity index (χ2v) is 4.98. The van der Waals surface area contributed by atoms with Crippen molar-refractivity contribution in [3.8, 4) is 11.5 Å². The van der Waals surface area contributed by atoms with Crippen LogP contribution in [-0.4, -0.2) is 12.1 Å². The molecule has 0 saturated carbocycles. The zero-order valence-electron chi connectivity index (χ0n) is 12.7. The van der Waals surface area contributed by atoms with Gasteiger partial charge in [0.2, 0.25) is 0 Å². The lowest BCUT2D eigenvalue weighted by molar-refractivity contribution is -0.131. The molecule has 22 heavy (non-hydrogen) atoms. The van der Waals surface area contributed by atoms with Gasteiger partial charge in [-0.2, -0.15) is 0 Å². The Labute approximate surface area is 131 Å². The Bertz CT molecular complexity index is 602. The minimum Gasteiger partial charge on any atom is -0.486 e. The number of benzene rings is 2. The van der Waals surface area contributed by atoms with E-state index in [-0.39, 0.29) is 12.1 Å². The highest BCUT2D eigenvalue weighted by atomic mass is 16.5. The van der Waals surface area contributed by atoms with Crippen LogP contribution in [0.5, 0.6) is 11.5 Å². The minimum atomic E-state index is -0.333. The zero-order valence-corrected chi connectivity index (χ0v) is 12.7. The average molecular weight is 296 g/mol. The molecule has 3 heteroatoms. The van der Waals surface area contributed by atoms with Gasteiger partial charge in [-0.15, -0.1) is 0 Å². The maximum absolute atomic E-state index is 10.9. The van der Waals surface area contributed by atoms with E-state index < -0.39 is 0 Å². The maximum atomic E-state index is 10.9. The molecule has 0 radical (unpaired) electrons. The standard InChI is InChI=1S/C19H20O3/c1-3-17(10-9-16-7-5-4-6-8-16)22-19-13-11-18(12-14-19)21-15(2)20/h3-8,11-14,17H,1,9-10H2,2H3. The van der Waals surface area contributed by atoms with Gasteiger partial charge in [-0.3, -0.25) is 4.79 Å². The molecule has 0 fully saturated rings. The highest BCUT2D eigenvalue weighted by Gasteiger charge is 2.07. The molecule has 0 heterocycles. The largest absolute Gasteiger partial charge is 0.486 e. The van der Waals surface area contributed by atoms with E-state index in [1.165, 1.54) is 12.5 Å². The normalized spacial score (nSPS) is 11.5. The third-order valence-electron chi connectivity index (χ3n) is 3.20. The van der Waals surface area contributed by atoms with Crippen LogP contribution in [-0.2, 0) is 11.2 Å². The van der Waals surface area contributed by atoms with Gasteiger partial charge in [-0.1, -0.05) is 43.0 Å². The Morgan fingerprint density at radius 2 is 1.73 bits per heavy atom. The summed E-state index contributed by atoms with van der Waals surface area (Å²) in [4.78, 5) is 10.9. The van der Waals surface area contributed by atoms with Gasteiger partial charge >= 0.3 is 5.97 Å². The quantitative estimate of drug-likeness (QED) is 0.437. The summed E-state index contributed by atoms with van der Waals surface area (Å²) in [6.07, 6.45) is 3.55. The molecule has 0 aromatic heterocycles. The molecule has 2 rings (SSSR count). The molecular weight excluding hydrogens is 276 g/mol. The van der Waals surface area contributed by atoms with Gasteiger partial charge in [0.1, 0.15) is 17.6 Å². The van der Waals surface area contributed by atoms with Crippen LogP contribution in [0.1, 0.15) is 18.9 Å².